The van der Waals surface area contributed by atoms with Crippen LogP contribution in [0.15, 0.2) is 72.8 Å². The molecule has 0 amide bonds. The fourth-order valence-corrected chi connectivity index (χ4v) is 4.34. The Morgan fingerprint density at radius 3 is 2.53 bits per heavy atom. The highest BCUT2D eigenvalue weighted by Crippen LogP contribution is 2.26. The van der Waals surface area contributed by atoms with Crippen molar-refractivity contribution in [3.63, 3.8) is 0 Å². The normalized spacial score (nSPS) is 12.4. The first kappa shape index (κ1) is 22.3. The summed E-state index contributed by atoms with van der Waals surface area (Å²) in [5, 5.41) is 5.05. The lowest BCUT2D eigenvalue weighted by molar-refractivity contribution is 0.208. The fraction of sp³-hybridized carbons (Fsp3) is 0.222. The van der Waals surface area contributed by atoms with Gasteiger partial charge in [0.05, 0.1) is 11.7 Å². The maximum atomic E-state index is 6.28. The topological polar surface area (TPSA) is 54.2 Å². The van der Waals surface area contributed by atoms with Gasteiger partial charge in [0.2, 0.25) is 0 Å². The number of aryl methyl sites for hydroxylation is 1. The Morgan fingerprint density at radius 2 is 1.78 bits per heavy atom. The van der Waals surface area contributed by atoms with E-state index in [9.17, 15) is 0 Å². The van der Waals surface area contributed by atoms with Crippen molar-refractivity contribution in [2.75, 3.05) is 19.8 Å². The monoisotopic (exact) mass is 444 g/mol. The molecule has 1 unspecified atom stereocenters. The molecule has 0 aliphatic carbocycles. The van der Waals surface area contributed by atoms with Gasteiger partial charge < -0.3 is 11.1 Å². The molecule has 5 heteroatoms. The second-order valence-electron chi connectivity index (χ2n) is 8.38. The van der Waals surface area contributed by atoms with Crippen LogP contribution in [0, 0.1) is 6.92 Å². The SMILES string of the molecule is CNC(c1cccc(Cc2cc(N)c3ccc(Cl)cc3n2)c1)N(C)Cc1ccc(C)cc1. The summed E-state index contributed by atoms with van der Waals surface area (Å²) < 4.78 is 0. The highest BCUT2D eigenvalue weighted by Gasteiger charge is 2.16. The summed E-state index contributed by atoms with van der Waals surface area (Å²) in [4.78, 5) is 7.11. The predicted molar refractivity (Wildman–Crippen MR) is 135 cm³/mol. The molecular formula is C27H29ClN4. The maximum absolute atomic E-state index is 6.28. The summed E-state index contributed by atoms with van der Waals surface area (Å²) in [5.74, 6) is 0. The van der Waals surface area contributed by atoms with Gasteiger partial charge in [-0.3, -0.25) is 9.88 Å². The van der Waals surface area contributed by atoms with Crippen LogP contribution in [-0.2, 0) is 13.0 Å². The van der Waals surface area contributed by atoms with E-state index in [0.29, 0.717) is 11.4 Å². The third-order valence-electron chi connectivity index (χ3n) is 5.78. The van der Waals surface area contributed by atoms with Gasteiger partial charge in [0.15, 0.2) is 0 Å². The molecule has 0 bridgehead atoms. The third kappa shape index (κ3) is 5.10. The molecule has 1 heterocycles. The minimum absolute atomic E-state index is 0.102. The maximum Gasteiger partial charge on any atom is 0.0858 e. The van der Waals surface area contributed by atoms with Gasteiger partial charge in [0.1, 0.15) is 0 Å². The Balaban J connectivity index is 1.55. The van der Waals surface area contributed by atoms with Crippen LogP contribution in [0.4, 0.5) is 5.69 Å². The van der Waals surface area contributed by atoms with Crippen LogP contribution in [0.3, 0.4) is 0 Å². The van der Waals surface area contributed by atoms with Crippen molar-refractivity contribution in [1.82, 2.24) is 15.2 Å². The van der Waals surface area contributed by atoms with Gasteiger partial charge in [-0.25, -0.2) is 0 Å². The lowest BCUT2D eigenvalue weighted by atomic mass is 10.0. The first-order valence-corrected chi connectivity index (χ1v) is 11.2. The Hall–Kier alpha value is -2.92. The van der Waals surface area contributed by atoms with Crippen molar-refractivity contribution >= 4 is 28.2 Å². The van der Waals surface area contributed by atoms with E-state index in [0.717, 1.165) is 28.8 Å². The van der Waals surface area contributed by atoms with Gasteiger partial charge in [0.25, 0.3) is 0 Å². The highest BCUT2D eigenvalue weighted by molar-refractivity contribution is 6.31. The zero-order valence-corrected chi connectivity index (χ0v) is 19.5. The van der Waals surface area contributed by atoms with Crippen LogP contribution in [-0.4, -0.2) is 24.0 Å². The lowest BCUT2D eigenvalue weighted by Gasteiger charge is -2.28. The Morgan fingerprint density at radius 1 is 1.00 bits per heavy atom. The largest absolute Gasteiger partial charge is 0.398 e. The molecule has 164 valence electrons. The minimum Gasteiger partial charge on any atom is -0.398 e. The van der Waals surface area contributed by atoms with E-state index in [2.05, 4.69) is 72.7 Å². The average molecular weight is 445 g/mol. The van der Waals surface area contributed by atoms with Crippen molar-refractivity contribution in [2.45, 2.75) is 26.1 Å². The second-order valence-corrected chi connectivity index (χ2v) is 8.81. The van der Waals surface area contributed by atoms with E-state index < -0.39 is 0 Å². The zero-order chi connectivity index (χ0) is 22.7. The number of rotatable bonds is 7. The van der Waals surface area contributed by atoms with E-state index in [-0.39, 0.29) is 6.17 Å². The number of hydrogen-bond donors (Lipinski definition) is 2. The molecular weight excluding hydrogens is 416 g/mol. The minimum atomic E-state index is 0.102. The molecule has 0 saturated carbocycles. The molecule has 0 radical (unpaired) electrons. The molecule has 4 rings (SSSR count). The summed E-state index contributed by atoms with van der Waals surface area (Å²) in [6.07, 6.45) is 0.809. The fourth-order valence-electron chi connectivity index (χ4n) is 4.17. The Bertz CT molecular complexity index is 1220. The number of nitrogens with one attached hydrogen (secondary N) is 1. The van der Waals surface area contributed by atoms with Crippen LogP contribution < -0.4 is 11.1 Å². The summed E-state index contributed by atoms with van der Waals surface area (Å²) in [5.41, 5.74) is 13.8. The predicted octanol–water partition coefficient (Wildman–Crippen LogP) is 5.72. The Labute approximate surface area is 195 Å². The number of nitrogens with two attached hydrogens (primary N) is 1. The Kier molecular flexibility index (Phi) is 6.75. The van der Waals surface area contributed by atoms with E-state index in [1.807, 2.05) is 31.3 Å². The average Bonchev–Trinajstić information content (AvgIpc) is 2.76. The number of hydrogen-bond acceptors (Lipinski definition) is 4. The quantitative estimate of drug-likeness (QED) is 0.358. The van der Waals surface area contributed by atoms with Crippen molar-refractivity contribution in [2.24, 2.45) is 0 Å². The van der Waals surface area contributed by atoms with Crippen LogP contribution >= 0.6 is 11.6 Å². The van der Waals surface area contributed by atoms with Crippen LogP contribution in [0.5, 0.6) is 0 Å². The van der Waals surface area contributed by atoms with Crippen molar-refractivity contribution in [3.05, 3.63) is 106 Å². The van der Waals surface area contributed by atoms with Crippen LogP contribution in [0.2, 0.25) is 5.02 Å². The van der Waals surface area contributed by atoms with Crippen LogP contribution in [0.1, 0.15) is 34.1 Å². The van der Waals surface area contributed by atoms with Crippen molar-refractivity contribution in [3.8, 4) is 0 Å². The molecule has 3 N–H and O–H groups in total. The number of nitrogens with zero attached hydrogens (tertiary/aromatic N) is 2. The second kappa shape index (κ2) is 9.70. The van der Waals surface area contributed by atoms with Crippen LogP contribution in [0.25, 0.3) is 10.9 Å². The van der Waals surface area contributed by atoms with E-state index in [1.54, 1.807) is 0 Å². The number of pyridine rings is 1. The van der Waals surface area contributed by atoms with Gasteiger partial charge in [-0.1, -0.05) is 65.7 Å². The number of benzene rings is 3. The van der Waals surface area contributed by atoms with Gasteiger partial charge in [-0.05, 0) is 62.0 Å². The number of nitrogen functional groups attached to an aromatic ring is 1. The summed E-state index contributed by atoms with van der Waals surface area (Å²) in [6.45, 7) is 2.97. The smallest absolute Gasteiger partial charge is 0.0858 e. The highest BCUT2D eigenvalue weighted by atomic mass is 35.5. The molecule has 3 aromatic carbocycles. The number of halogens is 1. The molecule has 0 saturated heterocycles. The van der Waals surface area contributed by atoms with Gasteiger partial charge in [-0.2, -0.15) is 0 Å². The first-order valence-electron chi connectivity index (χ1n) is 10.8. The number of fused-ring (bicyclic) bond motifs is 1. The third-order valence-corrected chi connectivity index (χ3v) is 6.01. The molecule has 0 aliphatic heterocycles. The molecule has 1 atom stereocenters. The van der Waals surface area contributed by atoms with E-state index in [1.165, 1.54) is 22.3 Å². The molecule has 4 nitrogen and oxygen atoms in total. The molecule has 0 fully saturated rings. The lowest BCUT2D eigenvalue weighted by Crippen LogP contribution is -2.33. The standard InChI is InChI=1S/C27H29ClN4/c1-18-7-9-19(10-8-18)17-32(3)27(30-2)21-6-4-5-20(13-21)14-23-16-25(29)24-12-11-22(28)15-26(24)31-23/h4-13,15-16,27,30H,14,17H2,1-3H3,(H2,29,31). The molecule has 32 heavy (non-hydrogen) atoms. The summed E-state index contributed by atoms with van der Waals surface area (Å²) in [7, 11) is 4.14. The van der Waals surface area contributed by atoms with Crippen molar-refractivity contribution in [1.29, 1.82) is 0 Å². The molecule has 4 aromatic rings. The number of anilines is 1. The van der Waals surface area contributed by atoms with E-state index in [4.69, 9.17) is 22.3 Å². The van der Waals surface area contributed by atoms with Gasteiger partial charge >= 0.3 is 0 Å². The summed E-state index contributed by atoms with van der Waals surface area (Å²) >= 11 is 6.16. The molecule has 0 aliphatic rings. The van der Waals surface area contributed by atoms with Gasteiger partial charge in [-0.15, -0.1) is 0 Å². The first-order chi connectivity index (χ1) is 15.4. The number of aromatic nitrogens is 1. The molecule has 0 spiro atoms. The zero-order valence-electron chi connectivity index (χ0n) is 18.8. The van der Waals surface area contributed by atoms with Crippen molar-refractivity contribution < 1.29 is 0 Å². The van der Waals surface area contributed by atoms with E-state index >= 15 is 0 Å². The summed E-state index contributed by atoms with van der Waals surface area (Å²) in [6, 6.07) is 24.9. The molecule has 1 aromatic heterocycles. The van der Waals surface area contributed by atoms with Gasteiger partial charge in [0, 0.05) is 34.8 Å².